The van der Waals surface area contributed by atoms with Gasteiger partial charge in [0.1, 0.15) is 12.3 Å². The molecule has 0 radical (unpaired) electrons. The van der Waals surface area contributed by atoms with E-state index in [4.69, 9.17) is 9.47 Å². The summed E-state index contributed by atoms with van der Waals surface area (Å²) in [5.74, 6) is 0.806. The Kier molecular flexibility index (Phi) is 7.99. The molecule has 0 spiro atoms. The zero-order valence-electron chi connectivity index (χ0n) is 20.6. The number of nitrogens with zero attached hydrogens (tertiary/aromatic N) is 4. The van der Waals surface area contributed by atoms with E-state index in [-0.39, 0.29) is 24.2 Å². The lowest BCUT2D eigenvalue weighted by molar-refractivity contribution is -0.122. The van der Waals surface area contributed by atoms with Crippen LogP contribution in [0.4, 0.5) is 0 Å². The highest BCUT2D eigenvalue weighted by Crippen LogP contribution is 2.22. The molecule has 1 saturated heterocycles. The lowest BCUT2D eigenvalue weighted by Crippen LogP contribution is -2.37. The number of methoxy groups -OCH3 is 1. The van der Waals surface area contributed by atoms with Crippen LogP contribution in [-0.2, 0) is 22.5 Å². The number of benzene rings is 2. The van der Waals surface area contributed by atoms with Crippen molar-refractivity contribution >= 4 is 5.91 Å². The Morgan fingerprint density at radius 2 is 1.89 bits per heavy atom. The van der Waals surface area contributed by atoms with Crippen molar-refractivity contribution in [3.63, 3.8) is 0 Å². The Morgan fingerprint density at radius 1 is 1.14 bits per heavy atom. The number of rotatable bonds is 9. The van der Waals surface area contributed by atoms with E-state index in [1.54, 1.807) is 13.2 Å². The number of aromatic nitrogens is 3. The fourth-order valence-corrected chi connectivity index (χ4v) is 4.11. The Labute approximate surface area is 205 Å². The van der Waals surface area contributed by atoms with E-state index < -0.39 is 0 Å². The second-order valence-corrected chi connectivity index (χ2v) is 8.93. The highest BCUT2D eigenvalue weighted by Gasteiger charge is 2.19. The largest absolute Gasteiger partial charge is 0.497 e. The number of nitrogens with one attached hydrogen (secondary N) is 1. The van der Waals surface area contributed by atoms with Gasteiger partial charge < -0.3 is 14.8 Å². The van der Waals surface area contributed by atoms with Gasteiger partial charge in [-0.25, -0.2) is 4.79 Å². The van der Waals surface area contributed by atoms with E-state index in [9.17, 15) is 9.59 Å². The highest BCUT2D eigenvalue weighted by atomic mass is 16.5. The number of hydrogen-bond donors (Lipinski definition) is 1. The lowest BCUT2D eigenvalue weighted by Gasteiger charge is -2.26. The molecule has 0 aliphatic carbocycles. The standard InChI is InChI=1S/C26H33N5O4/c1-19(2)27-24(32)18-30-25(21-5-4-6-23(17-21)34-3)28-31(26(30)33)22-9-7-20(8-10-22)11-12-29-13-15-35-16-14-29/h4-10,17,19H,11-16,18H2,1-3H3,(H,27,32). The molecule has 2 heterocycles. The summed E-state index contributed by atoms with van der Waals surface area (Å²) in [5, 5.41) is 7.46. The average molecular weight is 480 g/mol. The average Bonchev–Trinajstić information content (AvgIpc) is 3.19. The molecule has 0 bridgehead atoms. The van der Waals surface area contributed by atoms with Crippen LogP contribution in [0.1, 0.15) is 19.4 Å². The summed E-state index contributed by atoms with van der Waals surface area (Å²) in [5.41, 5.74) is 2.16. The molecule has 9 nitrogen and oxygen atoms in total. The molecule has 9 heteroatoms. The van der Waals surface area contributed by atoms with Crippen LogP contribution in [0, 0.1) is 0 Å². The number of morpholine rings is 1. The quantitative estimate of drug-likeness (QED) is 0.506. The van der Waals surface area contributed by atoms with Gasteiger partial charge in [0.15, 0.2) is 5.82 Å². The van der Waals surface area contributed by atoms with Gasteiger partial charge in [-0.2, -0.15) is 4.68 Å². The van der Waals surface area contributed by atoms with Crippen LogP contribution in [0.25, 0.3) is 17.1 Å². The molecule has 1 aliphatic rings. The molecule has 186 valence electrons. The van der Waals surface area contributed by atoms with Crippen molar-refractivity contribution in [2.75, 3.05) is 40.0 Å². The minimum atomic E-state index is -0.372. The van der Waals surface area contributed by atoms with E-state index in [1.165, 1.54) is 14.8 Å². The molecular formula is C26H33N5O4. The maximum Gasteiger partial charge on any atom is 0.351 e. The third-order valence-corrected chi connectivity index (χ3v) is 5.94. The van der Waals surface area contributed by atoms with Crippen LogP contribution in [0.3, 0.4) is 0 Å². The molecule has 0 atom stereocenters. The van der Waals surface area contributed by atoms with Crippen LogP contribution >= 0.6 is 0 Å². The van der Waals surface area contributed by atoms with E-state index in [2.05, 4.69) is 15.3 Å². The van der Waals surface area contributed by atoms with E-state index in [1.807, 2.05) is 56.3 Å². The first kappa shape index (κ1) is 24.7. The van der Waals surface area contributed by atoms with Crippen molar-refractivity contribution < 1.29 is 14.3 Å². The van der Waals surface area contributed by atoms with E-state index in [0.29, 0.717) is 22.8 Å². The smallest absolute Gasteiger partial charge is 0.351 e. The maximum absolute atomic E-state index is 13.4. The highest BCUT2D eigenvalue weighted by molar-refractivity contribution is 5.76. The first-order valence-corrected chi connectivity index (χ1v) is 12.0. The number of amides is 1. The van der Waals surface area contributed by atoms with Gasteiger partial charge in [0, 0.05) is 31.2 Å². The molecule has 1 fully saturated rings. The van der Waals surface area contributed by atoms with Gasteiger partial charge in [0.05, 0.1) is 26.0 Å². The van der Waals surface area contributed by atoms with Crippen molar-refractivity contribution in [2.24, 2.45) is 0 Å². The summed E-state index contributed by atoms with van der Waals surface area (Å²) in [6, 6.07) is 15.1. The third kappa shape index (κ3) is 6.17. The molecule has 1 aliphatic heterocycles. The van der Waals surface area contributed by atoms with Crippen LogP contribution < -0.4 is 15.7 Å². The van der Waals surface area contributed by atoms with Gasteiger partial charge in [-0.15, -0.1) is 5.10 Å². The Hall–Kier alpha value is -3.43. The minimum Gasteiger partial charge on any atom is -0.497 e. The fraction of sp³-hybridized carbons (Fsp3) is 0.423. The molecule has 1 N–H and O–H groups in total. The second kappa shape index (κ2) is 11.3. The normalized spacial score (nSPS) is 14.3. The van der Waals surface area contributed by atoms with Crippen molar-refractivity contribution in [3.05, 3.63) is 64.6 Å². The monoisotopic (exact) mass is 479 g/mol. The van der Waals surface area contributed by atoms with Gasteiger partial charge in [-0.3, -0.25) is 14.3 Å². The Bertz CT molecular complexity index is 1190. The van der Waals surface area contributed by atoms with Crippen molar-refractivity contribution in [2.45, 2.75) is 32.9 Å². The van der Waals surface area contributed by atoms with Gasteiger partial charge in [0.2, 0.25) is 5.91 Å². The molecule has 0 saturated carbocycles. The predicted molar refractivity (Wildman–Crippen MR) is 134 cm³/mol. The number of carbonyl (C=O) groups excluding carboxylic acids is 1. The van der Waals surface area contributed by atoms with Gasteiger partial charge >= 0.3 is 5.69 Å². The van der Waals surface area contributed by atoms with E-state index in [0.717, 1.165) is 39.3 Å². The van der Waals surface area contributed by atoms with Crippen LogP contribution in [-0.4, -0.2) is 71.2 Å². The Morgan fingerprint density at radius 3 is 2.57 bits per heavy atom. The summed E-state index contributed by atoms with van der Waals surface area (Å²) in [6.45, 7) is 8.11. The zero-order chi connectivity index (χ0) is 24.8. The summed E-state index contributed by atoms with van der Waals surface area (Å²) < 4.78 is 13.5. The summed E-state index contributed by atoms with van der Waals surface area (Å²) in [4.78, 5) is 28.3. The van der Waals surface area contributed by atoms with E-state index >= 15 is 0 Å². The first-order chi connectivity index (χ1) is 16.9. The molecular weight excluding hydrogens is 446 g/mol. The molecule has 0 unspecified atom stereocenters. The maximum atomic E-state index is 13.4. The topological polar surface area (TPSA) is 90.6 Å². The number of carbonyl (C=O) groups is 1. The zero-order valence-corrected chi connectivity index (χ0v) is 20.6. The van der Waals surface area contributed by atoms with Crippen LogP contribution in [0.2, 0.25) is 0 Å². The van der Waals surface area contributed by atoms with Crippen LogP contribution in [0.5, 0.6) is 5.75 Å². The molecule has 4 rings (SSSR count). The Balaban J connectivity index is 1.61. The first-order valence-electron chi connectivity index (χ1n) is 12.0. The predicted octanol–water partition coefficient (Wildman–Crippen LogP) is 2.11. The van der Waals surface area contributed by atoms with Gasteiger partial charge in [0.25, 0.3) is 0 Å². The molecule has 35 heavy (non-hydrogen) atoms. The minimum absolute atomic E-state index is 0.0291. The van der Waals surface area contributed by atoms with Gasteiger partial charge in [-0.05, 0) is 50.1 Å². The lowest BCUT2D eigenvalue weighted by atomic mass is 10.1. The molecule has 1 aromatic heterocycles. The second-order valence-electron chi connectivity index (χ2n) is 8.93. The van der Waals surface area contributed by atoms with Crippen molar-refractivity contribution in [1.82, 2.24) is 24.6 Å². The van der Waals surface area contributed by atoms with Crippen LogP contribution in [0.15, 0.2) is 53.3 Å². The third-order valence-electron chi connectivity index (χ3n) is 5.94. The SMILES string of the molecule is COc1cccc(-c2nn(-c3ccc(CCN4CCOCC4)cc3)c(=O)n2CC(=O)NC(C)C)c1. The molecule has 2 aromatic carbocycles. The summed E-state index contributed by atoms with van der Waals surface area (Å²) >= 11 is 0. The van der Waals surface area contributed by atoms with Gasteiger partial charge in [-0.1, -0.05) is 24.3 Å². The number of hydrogen-bond acceptors (Lipinski definition) is 6. The number of ether oxygens (including phenoxy) is 2. The molecule has 1 amide bonds. The van der Waals surface area contributed by atoms with Crippen molar-refractivity contribution in [3.8, 4) is 22.8 Å². The summed E-state index contributed by atoms with van der Waals surface area (Å²) in [7, 11) is 1.58. The van der Waals surface area contributed by atoms with Crippen molar-refractivity contribution in [1.29, 1.82) is 0 Å². The fourth-order valence-electron chi connectivity index (χ4n) is 4.11. The summed E-state index contributed by atoms with van der Waals surface area (Å²) in [6.07, 6.45) is 0.925. The molecule has 3 aromatic rings.